The Labute approximate surface area is 46.9 Å². The van der Waals surface area contributed by atoms with Crippen LogP contribution < -0.4 is 0 Å². The number of rotatable bonds is 1. The van der Waals surface area contributed by atoms with Crippen molar-refractivity contribution in [2.24, 2.45) is 0 Å². The minimum absolute atomic E-state index is 0.979. The molecule has 0 heterocycles. The quantitative estimate of drug-likeness (QED) is 0.458. The minimum Gasteiger partial charge on any atom is -0.229 e. The normalized spacial score (nSPS) is 15.5. The maximum atomic E-state index is 11.0. The Morgan fingerprint density at radius 1 is 1.50 bits per heavy atom. The van der Waals surface area contributed by atoms with Crippen LogP contribution in [0.1, 0.15) is 0 Å². The Morgan fingerprint density at radius 3 is 1.67 bits per heavy atom. The van der Waals surface area contributed by atoms with Gasteiger partial charge in [0, 0.05) is 0 Å². The Bertz CT molecular complexity index is 29.8. The molecule has 4 heteroatoms. The molecule has 0 fully saturated rings. The molecule has 37 valence electrons. The van der Waals surface area contributed by atoms with Crippen LogP contribution in [-0.4, -0.2) is 4.18 Å². The topological polar surface area (TPSA) is 0 Å². The lowest BCUT2D eigenvalue weighted by Gasteiger charge is -1.88. The zero-order valence-electron chi connectivity index (χ0n) is 2.59. The van der Waals surface area contributed by atoms with E-state index in [1.807, 2.05) is 0 Å². The molecule has 0 aromatic heterocycles. The highest BCUT2D eigenvalue weighted by atomic mass is 127. The first kappa shape index (κ1) is 6.52. The van der Waals surface area contributed by atoms with Gasteiger partial charge in [0.1, 0.15) is 0 Å². The molecule has 0 aliphatic rings. The molecule has 6 heavy (non-hydrogen) atoms. The van der Waals surface area contributed by atoms with Gasteiger partial charge in [-0.05, 0) is 22.6 Å². The van der Waals surface area contributed by atoms with Crippen LogP contribution in [0, 0.1) is 6.43 Å². The summed E-state index contributed by atoms with van der Waals surface area (Å²) in [5, 5.41) is 0. The molecule has 0 spiro atoms. The van der Waals surface area contributed by atoms with Crippen molar-refractivity contribution in [3.05, 3.63) is 6.43 Å². The summed E-state index contributed by atoms with van der Waals surface area (Å²) < 4.78 is 30.3. The Kier molecular flexibility index (Phi) is 2.88. The van der Waals surface area contributed by atoms with Crippen LogP contribution in [0.2, 0.25) is 0 Å². The van der Waals surface area contributed by atoms with Gasteiger partial charge in [0.15, 0.2) is 0 Å². The molecule has 0 amide bonds. The molecule has 0 aliphatic heterocycles. The highest BCUT2D eigenvalue weighted by molar-refractivity contribution is 14.1. The molecular weight excluding hydrogens is 208 g/mol. The highest BCUT2D eigenvalue weighted by Gasteiger charge is 2.15. The Morgan fingerprint density at radius 2 is 1.67 bits per heavy atom. The second-order valence-electron chi connectivity index (χ2n) is 0.590. The lowest BCUT2D eigenvalue weighted by atomic mass is 10.8. The monoisotopic (exact) mass is 209 g/mol. The van der Waals surface area contributed by atoms with Gasteiger partial charge in [-0.25, -0.2) is 4.39 Å². The summed E-state index contributed by atoms with van der Waals surface area (Å²) in [6.45, 7) is 0. The first-order valence-electron chi connectivity index (χ1n) is 1.10. The minimum atomic E-state index is -2.17. The third kappa shape index (κ3) is 2.74. The summed E-state index contributed by atoms with van der Waals surface area (Å²) in [6, 6.07) is 0. The number of hydrogen-bond donors (Lipinski definition) is 0. The maximum Gasteiger partial charge on any atom is 0.353 e. The van der Waals surface area contributed by atoms with Crippen molar-refractivity contribution in [1.82, 2.24) is 0 Å². The van der Waals surface area contributed by atoms with Crippen LogP contribution in [0.25, 0.3) is 0 Å². The van der Waals surface area contributed by atoms with E-state index in [1.165, 1.54) is 0 Å². The van der Waals surface area contributed by atoms with Gasteiger partial charge in [-0.2, -0.15) is 8.78 Å². The number of halogens is 4. The van der Waals surface area contributed by atoms with Gasteiger partial charge in [0.2, 0.25) is 4.18 Å². The zero-order chi connectivity index (χ0) is 5.15. The highest BCUT2D eigenvalue weighted by Crippen LogP contribution is 2.18. The summed E-state index contributed by atoms with van der Waals surface area (Å²) >= 11 is 0.979. The molecule has 0 aromatic rings. The second-order valence-corrected chi connectivity index (χ2v) is 1.68. The van der Waals surface area contributed by atoms with Crippen molar-refractivity contribution < 1.29 is 13.2 Å². The van der Waals surface area contributed by atoms with Gasteiger partial charge in [-0.3, -0.25) is 0 Å². The fourth-order valence-electron chi connectivity index (χ4n) is 0. The van der Waals surface area contributed by atoms with Crippen LogP contribution in [0.15, 0.2) is 0 Å². The zero-order valence-corrected chi connectivity index (χ0v) is 4.75. The van der Waals surface area contributed by atoms with Crippen LogP contribution in [-0.2, 0) is 0 Å². The predicted molar refractivity (Wildman–Crippen MR) is 24.4 cm³/mol. The third-order valence-corrected chi connectivity index (χ3v) is 0.636. The smallest absolute Gasteiger partial charge is 0.229 e. The summed E-state index contributed by atoms with van der Waals surface area (Å²) in [4.78, 5) is 0. The standard InChI is InChI=1S/C2HF3I/c3-1(4)2(5)6/h2H. The molecule has 0 aliphatic carbocycles. The van der Waals surface area contributed by atoms with E-state index in [1.54, 1.807) is 0 Å². The molecule has 0 saturated carbocycles. The van der Waals surface area contributed by atoms with Crippen molar-refractivity contribution in [1.29, 1.82) is 0 Å². The average Bonchev–Trinajstić information content (AvgIpc) is 1.36. The largest absolute Gasteiger partial charge is 0.353 e. The van der Waals surface area contributed by atoms with E-state index in [-0.39, 0.29) is 0 Å². The van der Waals surface area contributed by atoms with E-state index < -0.39 is 10.6 Å². The van der Waals surface area contributed by atoms with Crippen molar-refractivity contribution in [3.8, 4) is 0 Å². The Balaban J connectivity index is 2.99. The molecule has 0 N–H and O–H groups in total. The molecule has 0 aromatic carbocycles. The number of alkyl halides is 2. The van der Waals surface area contributed by atoms with E-state index in [2.05, 4.69) is 0 Å². The summed E-state index contributed by atoms with van der Waals surface area (Å²) in [6.07, 6.45) is -2.17. The molecule has 1 unspecified atom stereocenters. The fraction of sp³-hybridized carbons (Fsp3) is 0.500. The molecular formula is C2HF3I. The van der Waals surface area contributed by atoms with Crippen molar-refractivity contribution >= 4 is 22.6 Å². The SMILES string of the molecule is F[C](F)C(F)I. The van der Waals surface area contributed by atoms with Crippen LogP contribution >= 0.6 is 22.6 Å². The third-order valence-electron chi connectivity index (χ3n) is 0.165. The average molecular weight is 209 g/mol. The first-order chi connectivity index (χ1) is 2.64. The van der Waals surface area contributed by atoms with E-state index >= 15 is 0 Å². The summed E-state index contributed by atoms with van der Waals surface area (Å²) in [7, 11) is 0. The van der Waals surface area contributed by atoms with Gasteiger partial charge < -0.3 is 0 Å². The van der Waals surface area contributed by atoms with Crippen LogP contribution in [0.4, 0.5) is 13.2 Å². The molecule has 1 radical (unpaired) electrons. The van der Waals surface area contributed by atoms with Gasteiger partial charge in [0.25, 0.3) is 0 Å². The molecule has 1 atom stereocenters. The maximum absolute atomic E-state index is 11.0. The molecule has 0 bridgehead atoms. The molecule has 0 rings (SSSR count). The molecule has 0 saturated heterocycles. The summed E-state index contributed by atoms with van der Waals surface area (Å²) in [5.41, 5.74) is 0. The van der Waals surface area contributed by atoms with E-state index in [4.69, 9.17) is 0 Å². The lowest BCUT2D eigenvalue weighted by molar-refractivity contribution is 0.223. The van der Waals surface area contributed by atoms with Gasteiger partial charge >= 0.3 is 6.43 Å². The van der Waals surface area contributed by atoms with Crippen LogP contribution in [0.3, 0.4) is 0 Å². The van der Waals surface area contributed by atoms with Gasteiger partial charge in [-0.1, -0.05) is 0 Å². The fourth-order valence-corrected chi connectivity index (χ4v) is 0. The van der Waals surface area contributed by atoms with Crippen LogP contribution in [0.5, 0.6) is 0 Å². The van der Waals surface area contributed by atoms with E-state index in [0.717, 1.165) is 22.6 Å². The van der Waals surface area contributed by atoms with E-state index in [0.29, 0.717) is 0 Å². The molecule has 0 nitrogen and oxygen atoms in total. The van der Waals surface area contributed by atoms with E-state index in [9.17, 15) is 13.2 Å². The lowest BCUT2D eigenvalue weighted by Crippen LogP contribution is -1.89. The van der Waals surface area contributed by atoms with Crippen molar-refractivity contribution in [2.45, 2.75) is 4.18 Å². The first-order valence-corrected chi connectivity index (χ1v) is 2.35. The van der Waals surface area contributed by atoms with Gasteiger partial charge in [-0.15, -0.1) is 0 Å². The van der Waals surface area contributed by atoms with Crippen molar-refractivity contribution in [2.75, 3.05) is 0 Å². The summed E-state index contributed by atoms with van der Waals surface area (Å²) in [5.74, 6) is 0. The van der Waals surface area contributed by atoms with Gasteiger partial charge in [0.05, 0.1) is 0 Å². The Hall–Kier alpha value is 0.520. The number of hydrogen-bond acceptors (Lipinski definition) is 0. The second kappa shape index (κ2) is 2.65. The van der Waals surface area contributed by atoms with Crippen molar-refractivity contribution in [3.63, 3.8) is 0 Å². The predicted octanol–water partition coefficient (Wildman–Crippen LogP) is 2.15.